The maximum atomic E-state index is 9.54. The largest absolute Gasteiger partial charge is 0.508 e. The number of benzene rings is 1. The Hall–Kier alpha value is -1.48. The maximum absolute atomic E-state index is 9.54. The van der Waals surface area contributed by atoms with Gasteiger partial charge in [-0.15, -0.1) is 0 Å². The Bertz CT molecular complexity index is 500. The molecule has 86 valence electrons. The van der Waals surface area contributed by atoms with Gasteiger partial charge in [0.05, 0.1) is 5.52 Å². The smallest absolute Gasteiger partial charge is 0.117 e. The van der Waals surface area contributed by atoms with Crippen molar-refractivity contribution >= 4 is 10.9 Å². The molecule has 3 heteroatoms. The normalized spacial score (nSPS) is 11.5. The Morgan fingerprint density at radius 1 is 1.38 bits per heavy atom. The first-order chi connectivity index (χ1) is 7.63. The molecule has 2 rings (SSSR count). The average Bonchev–Trinajstić information content (AvgIpc) is 2.57. The molecule has 0 bridgehead atoms. The number of nitrogens with two attached hydrogens (primary N) is 1. The fourth-order valence-corrected chi connectivity index (χ4v) is 2.09. The van der Waals surface area contributed by atoms with Crippen molar-refractivity contribution in [3.05, 3.63) is 30.0 Å². The third-order valence-corrected chi connectivity index (χ3v) is 2.87. The van der Waals surface area contributed by atoms with E-state index in [4.69, 9.17) is 5.73 Å². The van der Waals surface area contributed by atoms with Crippen LogP contribution in [0.25, 0.3) is 10.9 Å². The van der Waals surface area contributed by atoms with Crippen molar-refractivity contribution in [1.29, 1.82) is 0 Å². The van der Waals surface area contributed by atoms with E-state index in [0.29, 0.717) is 18.3 Å². The van der Waals surface area contributed by atoms with Gasteiger partial charge >= 0.3 is 0 Å². The van der Waals surface area contributed by atoms with Crippen molar-refractivity contribution in [1.82, 2.24) is 4.57 Å². The van der Waals surface area contributed by atoms with Gasteiger partial charge in [-0.3, -0.25) is 0 Å². The van der Waals surface area contributed by atoms with Crippen LogP contribution in [0.1, 0.15) is 25.5 Å². The molecule has 3 nitrogen and oxygen atoms in total. The van der Waals surface area contributed by atoms with E-state index >= 15 is 0 Å². The van der Waals surface area contributed by atoms with Crippen LogP contribution >= 0.6 is 0 Å². The summed E-state index contributed by atoms with van der Waals surface area (Å²) in [6.07, 6.45) is 3.02. The highest BCUT2D eigenvalue weighted by Gasteiger charge is 2.10. The number of hydrogen-bond donors (Lipinski definition) is 2. The van der Waals surface area contributed by atoms with E-state index in [1.165, 1.54) is 10.9 Å². The molecule has 0 saturated heterocycles. The lowest BCUT2D eigenvalue weighted by molar-refractivity contribution is 0.475. The van der Waals surface area contributed by atoms with Gasteiger partial charge in [-0.1, -0.05) is 0 Å². The topological polar surface area (TPSA) is 51.2 Å². The van der Waals surface area contributed by atoms with Crippen LogP contribution in [0.3, 0.4) is 0 Å². The maximum Gasteiger partial charge on any atom is 0.117 e. The van der Waals surface area contributed by atoms with Crippen molar-refractivity contribution in [3.8, 4) is 5.75 Å². The van der Waals surface area contributed by atoms with Crippen molar-refractivity contribution in [3.63, 3.8) is 0 Å². The predicted molar refractivity (Wildman–Crippen MR) is 66.7 cm³/mol. The van der Waals surface area contributed by atoms with E-state index in [1.807, 2.05) is 12.1 Å². The number of phenols is 1. The van der Waals surface area contributed by atoms with Crippen LogP contribution in [0.4, 0.5) is 0 Å². The zero-order chi connectivity index (χ0) is 11.7. The third kappa shape index (κ3) is 1.78. The molecule has 1 aromatic heterocycles. The van der Waals surface area contributed by atoms with Gasteiger partial charge in [-0.05, 0) is 44.5 Å². The summed E-state index contributed by atoms with van der Waals surface area (Å²) in [5.74, 6) is 0.312. The second-order valence-corrected chi connectivity index (χ2v) is 4.40. The van der Waals surface area contributed by atoms with Crippen molar-refractivity contribution in [2.75, 3.05) is 6.54 Å². The summed E-state index contributed by atoms with van der Waals surface area (Å²) in [6, 6.07) is 5.90. The fraction of sp³-hybridized carbons (Fsp3) is 0.385. The molecule has 3 N–H and O–H groups in total. The van der Waals surface area contributed by atoms with Gasteiger partial charge in [-0.2, -0.15) is 0 Å². The summed E-state index contributed by atoms with van der Waals surface area (Å²) in [5.41, 5.74) is 7.95. The van der Waals surface area contributed by atoms with Gasteiger partial charge in [0.25, 0.3) is 0 Å². The molecule has 0 aliphatic rings. The molecule has 0 spiro atoms. The molecule has 0 fully saturated rings. The molecule has 0 atom stereocenters. The van der Waals surface area contributed by atoms with Crippen LogP contribution in [0.15, 0.2) is 24.4 Å². The van der Waals surface area contributed by atoms with Crippen molar-refractivity contribution in [2.45, 2.75) is 26.3 Å². The number of aromatic nitrogens is 1. The van der Waals surface area contributed by atoms with Crippen LogP contribution in [0.5, 0.6) is 5.75 Å². The molecular formula is C13H18N2O. The first-order valence-corrected chi connectivity index (χ1v) is 5.66. The summed E-state index contributed by atoms with van der Waals surface area (Å²) in [4.78, 5) is 0. The molecular weight excluding hydrogens is 200 g/mol. The molecule has 0 amide bonds. The summed E-state index contributed by atoms with van der Waals surface area (Å²) in [5, 5.41) is 10.7. The first kappa shape index (κ1) is 11.0. The van der Waals surface area contributed by atoms with Gasteiger partial charge in [0.1, 0.15) is 5.75 Å². The van der Waals surface area contributed by atoms with Crippen LogP contribution in [0, 0.1) is 0 Å². The monoisotopic (exact) mass is 218 g/mol. The lowest BCUT2D eigenvalue weighted by Gasteiger charge is -2.08. The Morgan fingerprint density at radius 2 is 2.12 bits per heavy atom. The number of aromatic hydroxyl groups is 1. The number of hydrogen-bond acceptors (Lipinski definition) is 2. The highest BCUT2D eigenvalue weighted by Crippen LogP contribution is 2.27. The van der Waals surface area contributed by atoms with Crippen LogP contribution in [0.2, 0.25) is 0 Å². The molecule has 2 aromatic rings. The van der Waals surface area contributed by atoms with Crippen LogP contribution < -0.4 is 5.73 Å². The molecule has 0 aliphatic carbocycles. The molecule has 16 heavy (non-hydrogen) atoms. The van der Waals surface area contributed by atoms with Crippen molar-refractivity contribution < 1.29 is 5.11 Å². The lowest BCUT2D eigenvalue weighted by Crippen LogP contribution is -2.02. The van der Waals surface area contributed by atoms with E-state index in [2.05, 4.69) is 24.6 Å². The quantitative estimate of drug-likeness (QED) is 0.831. The summed E-state index contributed by atoms with van der Waals surface area (Å²) < 4.78 is 2.18. The average molecular weight is 218 g/mol. The van der Waals surface area contributed by atoms with E-state index in [1.54, 1.807) is 6.07 Å². The molecule has 0 unspecified atom stereocenters. The number of fused-ring (bicyclic) bond motifs is 1. The minimum absolute atomic E-state index is 0.312. The fourth-order valence-electron chi connectivity index (χ4n) is 2.09. The molecule has 0 saturated carbocycles. The lowest BCUT2D eigenvalue weighted by atomic mass is 10.1. The summed E-state index contributed by atoms with van der Waals surface area (Å²) in [6.45, 7) is 4.92. The highest BCUT2D eigenvalue weighted by atomic mass is 16.3. The van der Waals surface area contributed by atoms with Crippen LogP contribution in [-0.4, -0.2) is 16.2 Å². The van der Waals surface area contributed by atoms with Crippen LogP contribution in [-0.2, 0) is 6.42 Å². The van der Waals surface area contributed by atoms with Gasteiger partial charge in [0, 0.05) is 23.7 Å². The third-order valence-electron chi connectivity index (χ3n) is 2.87. The summed E-state index contributed by atoms with van der Waals surface area (Å²) in [7, 11) is 0. The molecule has 1 heterocycles. The number of rotatable bonds is 3. The highest BCUT2D eigenvalue weighted by molar-refractivity contribution is 5.85. The number of phenolic OH excluding ortho intramolecular Hbond substituents is 1. The number of nitrogens with zero attached hydrogens (tertiary/aromatic N) is 1. The van der Waals surface area contributed by atoms with E-state index in [0.717, 1.165) is 11.9 Å². The van der Waals surface area contributed by atoms with E-state index in [9.17, 15) is 5.11 Å². The molecule has 0 radical (unpaired) electrons. The standard InChI is InChI=1S/C13H18N2O/c1-9(2)15-8-10(5-6-14)12-4-3-11(16)7-13(12)15/h3-4,7-9,16H,5-6,14H2,1-2H3. The Kier molecular flexibility index (Phi) is 2.88. The zero-order valence-electron chi connectivity index (χ0n) is 9.77. The summed E-state index contributed by atoms with van der Waals surface area (Å²) >= 11 is 0. The van der Waals surface area contributed by atoms with Gasteiger partial charge in [-0.25, -0.2) is 0 Å². The zero-order valence-corrected chi connectivity index (χ0v) is 9.77. The minimum Gasteiger partial charge on any atom is -0.508 e. The Labute approximate surface area is 95.5 Å². The van der Waals surface area contributed by atoms with Gasteiger partial charge < -0.3 is 15.4 Å². The minimum atomic E-state index is 0.312. The Balaban J connectivity index is 2.66. The SMILES string of the molecule is CC(C)n1cc(CCN)c2ccc(O)cc21. The van der Waals surface area contributed by atoms with E-state index in [-0.39, 0.29) is 0 Å². The second kappa shape index (κ2) is 4.18. The molecule has 1 aromatic carbocycles. The first-order valence-electron chi connectivity index (χ1n) is 5.66. The predicted octanol–water partition coefficient (Wildman–Crippen LogP) is 2.43. The van der Waals surface area contributed by atoms with Gasteiger partial charge in [0.2, 0.25) is 0 Å². The van der Waals surface area contributed by atoms with E-state index < -0.39 is 0 Å². The Morgan fingerprint density at radius 3 is 2.75 bits per heavy atom. The molecule has 0 aliphatic heterocycles. The second-order valence-electron chi connectivity index (χ2n) is 4.40. The van der Waals surface area contributed by atoms with Crippen molar-refractivity contribution in [2.24, 2.45) is 5.73 Å². The van der Waals surface area contributed by atoms with Gasteiger partial charge in [0.15, 0.2) is 0 Å².